The van der Waals surface area contributed by atoms with Crippen molar-refractivity contribution in [3.63, 3.8) is 0 Å². The molecule has 0 atom stereocenters. The maximum absolute atomic E-state index is 10.3. The number of benzene rings is 1. The fourth-order valence-electron chi connectivity index (χ4n) is 0.755. The summed E-state index contributed by atoms with van der Waals surface area (Å²) in [5, 5.41) is 16.9. The van der Waals surface area contributed by atoms with Crippen LogP contribution in [0, 0.1) is 0 Å². The molecule has 0 unspecified atom stereocenters. The summed E-state index contributed by atoms with van der Waals surface area (Å²) in [4.78, 5) is 20.7. The predicted octanol–water partition coefficient (Wildman–Crippen LogP) is 1.68. The Morgan fingerprint density at radius 2 is 1.27 bits per heavy atom. The van der Waals surface area contributed by atoms with E-state index in [1.807, 2.05) is 0 Å². The summed E-state index contributed by atoms with van der Waals surface area (Å²) >= 11 is 1.10. The van der Waals surface area contributed by atoms with Crippen LogP contribution >= 0.6 is 0 Å². The Morgan fingerprint density at radius 1 is 1.07 bits per heavy atom. The van der Waals surface area contributed by atoms with Crippen LogP contribution in [0.1, 0.15) is 27.6 Å². The van der Waals surface area contributed by atoms with Gasteiger partial charge in [-0.1, -0.05) is 0 Å². The zero-order valence-electron chi connectivity index (χ0n) is 8.73. The minimum absolute atomic E-state index is 0.0833. The average molecular weight is 234 g/mol. The number of hydrogen-bond acceptors (Lipinski definition) is 2. The molecule has 1 aromatic carbocycles. The first-order chi connectivity index (χ1) is 7.02. The maximum atomic E-state index is 10.3. The molecule has 0 aromatic heterocycles. The Hall–Kier alpha value is -0.204. The van der Waals surface area contributed by atoms with Gasteiger partial charge in [-0.2, -0.15) is 0 Å². The minimum Gasteiger partial charge on any atom is -0.478 e. The molecule has 0 saturated carbocycles. The van der Waals surface area contributed by atoms with Crippen molar-refractivity contribution in [1.29, 1.82) is 0 Å². The van der Waals surface area contributed by atoms with E-state index >= 15 is 0 Å². The Balaban J connectivity index is 0.000000583. The van der Waals surface area contributed by atoms with E-state index in [9.17, 15) is 9.59 Å². The van der Waals surface area contributed by atoms with Crippen LogP contribution in [-0.2, 0) is 0 Å². The number of aromatic carboxylic acids is 2. The maximum Gasteiger partial charge on any atom is 0.335 e. The van der Waals surface area contributed by atoms with Crippen molar-refractivity contribution in [2.75, 3.05) is 0 Å². The van der Waals surface area contributed by atoms with Crippen molar-refractivity contribution in [2.24, 2.45) is 0 Å². The molecule has 4 nitrogen and oxygen atoms in total. The van der Waals surface area contributed by atoms with Gasteiger partial charge in [0.25, 0.3) is 0 Å². The number of rotatable bonds is 2. The molecule has 2 N–H and O–H groups in total. The van der Waals surface area contributed by atoms with E-state index in [0.29, 0.717) is 0 Å². The molecule has 0 heterocycles. The Kier molecular flexibility index (Phi) is 7.90. The SMILES string of the molecule is C[CH2][K].O=C(O)c1ccc(C(=O)O)cc1. The molecule has 1 aromatic rings. The molecule has 0 amide bonds. The normalized spacial score (nSPS) is 8.73. The van der Waals surface area contributed by atoms with Crippen molar-refractivity contribution in [3.05, 3.63) is 35.4 Å². The molecule has 0 spiro atoms. The van der Waals surface area contributed by atoms with E-state index in [4.69, 9.17) is 10.2 Å². The van der Waals surface area contributed by atoms with Gasteiger partial charge in [-0.25, -0.2) is 9.59 Å². The van der Waals surface area contributed by atoms with Gasteiger partial charge in [0, 0.05) is 0 Å². The number of carbonyl (C=O) groups is 2. The molecule has 0 aliphatic heterocycles. The predicted molar refractivity (Wildman–Crippen MR) is 56.6 cm³/mol. The molecule has 0 saturated heterocycles. The largest absolute Gasteiger partial charge is 0.478 e. The van der Waals surface area contributed by atoms with Crippen LogP contribution in [0.4, 0.5) is 0 Å². The third-order valence-electron chi connectivity index (χ3n) is 1.38. The molecule has 0 aliphatic carbocycles. The van der Waals surface area contributed by atoms with Gasteiger partial charge >= 0.3 is 68.3 Å². The van der Waals surface area contributed by atoms with Gasteiger partial charge in [0.1, 0.15) is 0 Å². The number of carboxylic acids is 2. The second-order valence-electron chi connectivity index (χ2n) is 2.89. The van der Waals surface area contributed by atoms with Crippen molar-refractivity contribution in [1.82, 2.24) is 0 Å². The van der Waals surface area contributed by atoms with Gasteiger partial charge in [0.05, 0.1) is 11.1 Å². The summed E-state index contributed by atoms with van der Waals surface area (Å²) in [6.07, 6.45) is 0. The van der Waals surface area contributed by atoms with Gasteiger partial charge in [-0.3, -0.25) is 0 Å². The fraction of sp³-hybridized carbons (Fsp3) is 0.200. The molecule has 5 heteroatoms. The monoisotopic (exact) mass is 234 g/mol. The molecular weight excluding hydrogens is 223 g/mol. The molecule has 76 valence electrons. The molecule has 0 aliphatic rings. The van der Waals surface area contributed by atoms with E-state index in [2.05, 4.69) is 6.92 Å². The van der Waals surface area contributed by atoms with E-state index in [1.165, 1.54) is 24.8 Å². The smallest absolute Gasteiger partial charge is 0.335 e. The summed E-state index contributed by atoms with van der Waals surface area (Å²) in [5.41, 5.74) is 0.167. The van der Waals surface area contributed by atoms with E-state index in [1.54, 1.807) is 0 Å². The second-order valence-corrected chi connectivity index (χ2v) is 5.10. The minimum atomic E-state index is -1.06. The standard InChI is InChI=1S/C8H6O4.C2H5.K/c9-7(10)5-1-2-6(4-3-5)8(11)12;1-2;/h1-4H,(H,9,10)(H,11,12);1H2,2H3;. The average Bonchev–Trinajstić information content (AvgIpc) is 2.19. The number of carboxylic acid groups (broad SMARTS) is 2. The van der Waals surface area contributed by atoms with Crippen LogP contribution in [0.25, 0.3) is 0 Å². The Morgan fingerprint density at radius 3 is 1.40 bits per heavy atom. The van der Waals surface area contributed by atoms with Gasteiger partial charge in [0.2, 0.25) is 0 Å². The van der Waals surface area contributed by atoms with E-state index < -0.39 is 11.9 Å². The molecular formula is C10H11KO4. The second kappa shape index (κ2) is 8.01. The third-order valence-corrected chi connectivity index (χ3v) is 1.38. The summed E-state index contributed by atoms with van der Waals surface area (Å²) in [7, 11) is 0. The zero-order valence-corrected chi connectivity index (χ0v) is 11.9. The molecule has 0 bridgehead atoms. The summed E-state index contributed by atoms with van der Waals surface area (Å²) in [6.45, 7) is 2.21. The fourth-order valence-corrected chi connectivity index (χ4v) is 0.755. The zero-order chi connectivity index (χ0) is 11.8. The van der Waals surface area contributed by atoms with E-state index in [0.717, 1.165) is 49.0 Å². The van der Waals surface area contributed by atoms with Gasteiger partial charge in [-0.15, -0.1) is 0 Å². The first-order valence-corrected chi connectivity index (χ1v) is 6.80. The van der Waals surface area contributed by atoms with Crippen molar-refractivity contribution in [2.45, 2.75) is 7.44 Å². The molecule has 0 fully saturated rings. The van der Waals surface area contributed by atoms with Crippen molar-refractivity contribution < 1.29 is 19.8 Å². The van der Waals surface area contributed by atoms with Crippen LogP contribution in [0.2, 0.25) is 0.515 Å². The van der Waals surface area contributed by atoms with Crippen molar-refractivity contribution >= 4 is 60.9 Å². The van der Waals surface area contributed by atoms with Crippen LogP contribution < -0.4 is 0 Å². The summed E-state index contributed by atoms with van der Waals surface area (Å²) in [6, 6.07) is 5.02. The quantitative estimate of drug-likeness (QED) is 0.763. The Labute approximate surface area is 122 Å². The van der Waals surface area contributed by atoms with Crippen molar-refractivity contribution in [3.8, 4) is 0 Å². The van der Waals surface area contributed by atoms with Gasteiger partial charge in [-0.05, 0) is 24.3 Å². The van der Waals surface area contributed by atoms with Crippen LogP contribution in [-0.4, -0.2) is 71.1 Å². The van der Waals surface area contributed by atoms with E-state index in [-0.39, 0.29) is 11.1 Å². The topological polar surface area (TPSA) is 74.6 Å². The molecule has 1 rings (SSSR count). The first-order valence-electron chi connectivity index (χ1n) is 4.59. The summed E-state index contributed by atoms with van der Waals surface area (Å²) in [5.74, 6) is -2.13. The van der Waals surface area contributed by atoms with Crippen LogP contribution in [0.5, 0.6) is 0 Å². The number of hydrogen-bond donors (Lipinski definition) is 2. The van der Waals surface area contributed by atoms with Crippen LogP contribution in [0.3, 0.4) is 0 Å². The third kappa shape index (κ3) is 6.06. The molecule has 15 heavy (non-hydrogen) atoms. The Bertz CT molecular complexity index is 299. The summed E-state index contributed by atoms with van der Waals surface area (Å²) < 4.78 is 1.44. The van der Waals surface area contributed by atoms with Gasteiger partial charge < -0.3 is 10.2 Å². The van der Waals surface area contributed by atoms with Crippen LogP contribution in [0.15, 0.2) is 24.3 Å². The molecule has 0 radical (unpaired) electrons. The van der Waals surface area contributed by atoms with Gasteiger partial charge in [0.15, 0.2) is 0 Å². The first kappa shape index (κ1) is 14.8.